The van der Waals surface area contributed by atoms with Crippen molar-refractivity contribution in [1.82, 2.24) is 4.98 Å². The van der Waals surface area contributed by atoms with E-state index in [9.17, 15) is 0 Å². The van der Waals surface area contributed by atoms with Crippen molar-refractivity contribution in [3.05, 3.63) is 180 Å². The van der Waals surface area contributed by atoms with Crippen LogP contribution >= 0.6 is 0 Å². The van der Waals surface area contributed by atoms with Crippen LogP contribution in [0.3, 0.4) is 0 Å². The average molecular weight is 604 g/mol. The third-order valence-electron chi connectivity index (χ3n) is 9.28. The van der Waals surface area contributed by atoms with E-state index in [1.54, 1.807) is 0 Å². The van der Waals surface area contributed by atoms with Gasteiger partial charge in [0.25, 0.3) is 0 Å². The van der Waals surface area contributed by atoms with E-state index in [-0.39, 0.29) is 12.1 Å². The number of aliphatic imine (C=N–C) groups is 1. The van der Waals surface area contributed by atoms with Crippen molar-refractivity contribution in [3.8, 4) is 44.6 Å². The molecule has 4 heteroatoms. The Morgan fingerprint density at radius 2 is 1.26 bits per heavy atom. The zero-order chi connectivity index (χ0) is 31.2. The second-order valence-electron chi connectivity index (χ2n) is 12.1. The number of aromatic nitrogens is 1. The number of nitrogens with zero attached hydrogens (tertiary/aromatic N) is 4. The number of anilines is 2. The van der Waals surface area contributed by atoms with E-state index in [0.717, 1.165) is 51.8 Å². The second-order valence-corrected chi connectivity index (χ2v) is 12.1. The van der Waals surface area contributed by atoms with Gasteiger partial charge in [0.2, 0.25) is 0 Å². The SMILES string of the molecule is C1=CCC2N=C3C([N-]C2=C1)c1cc(-c2ccc(-c4ccccc4-c4ccccc4)cc2)ccc1N3c1cccc(-c2ccccc2)n1. The van der Waals surface area contributed by atoms with Crippen LogP contribution in [-0.4, -0.2) is 16.9 Å². The van der Waals surface area contributed by atoms with Crippen molar-refractivity contribution in [1.29, 1.82) is 0 Å². The van der Waals surface area contributed by atoms with Crippen molar-refractivity contribution in [2.24, 2.45) is 4.99 Å². The molecular formula is C43H31N4-. The first-order chi connectivity index (χ1) is 23.3. The Bertz CT molecular complexity index is 2200. The zero-order valence-electron chi connectivity index (χ0n) is 25.7. The highest BCUT2D eigenvalue weighted by Gasteiger charge is 2.36. The molecule has 0 amide bonds. The summed E-state index contributed by atoms with van der Waals surface area (Å²) in [6.07, 6.45) is 7.25. The lowest BCUT2D eigenvalue weighted by atomic mass is 9.93. The van der Waals surface area contributed by atoms with Gasteiger partial charge in [0.05, 0.1) is 23.3 Å². The predicted octanol–water partition coefficient (Wildman–Crippen LogP) is 10.9. The Labute approximate surface area is 275 Å². The molecule has 0 bridgehead atoms. The molecule has 0 N–H and O–H groups in total. The van der Waals surface area contributed by atoms with Gasteiger partial charge in [-0.25, -0.2) is 4.98 Å². The molecule has 2 unspecified atom stereocenters. The first kappa shape index (κ1) is 27.3. The van der Waals surface area contributed by atoms with Crippen LogP contribution in [0.1, 0.15) is 18.0 Å². The molecule has 0 radical (unpaired) electrons. The Hall–Kier alpha value is -6.00. The molecule has 1 aromatic heterocycles. The molecule has 0 spiro atoms. The van der Waals surface area contributed by atoms with Crippen LogP contribution < -0.4 is 4.90 Å². The second kappa shape index (κ2) is 11.4. The van der Waals surface area contributed by atoms with Gasteiger partial charge < -0.3 is 5.32 Å². The summed E-state index contributed by atoms with van der Waals surface area (Å²) in [4.78, 5) is 12.7. The van der Waals surface area contributed by atoms with E-state index in [1.165, 1.54) is 27.8 Å². The summed E-state index contributed by atoms with van der Waals surface area (Å²) in [6.45, 7) is 0. The zero-order valence-corrected chi connectivity index (χ0v) is 25.7. The normalized spacial score (nSPS) is 17.6. The lowest BCUT2D eigenvalue weighted by Crippen LogP contribution is -2.31. The molecule has 0 saturated carbocycles. The lowest BCUT2D eigenvalue weighted by molar-refractivity contribution is 0.744. The minimum Gasteiger partial charge on any atom is -0.674 e. The van der Waals surface area contributed by atoms with Crippen molar-refractivity contribution >= 4 is 17.3 Å². The quantitative estimate of drug-likeness (QED) is 0.197. The first-order valence-electron chi connectivity index (χ1n) is 16.2. The van der Waals surface area contributed by atoms with Gasteiger partial charge >= 0.3 is 0 Å². The number of benzene rings is 5. The molecule has 0 saturated heterocycles. The van der Waals surface area contributed by atoms with Crippen LogP contribution in [-0.2, 0) is 0 Å². The molecule has 1 aliphatic carbocycles. The van der Waals surface area contributed by atoms with Crippen molar-refractivity contribution < 1.29 is 0 Å². The summed E-state index contributed by atoms with van der Waals surface area (Å²) in [5.74, 6) is 1.80. The first-order valence-corrected chi connectivity index (χ1v) is 16.2. The van der Waals surface area contributed by atoms with Crippen LogP contribution in [0.4, 0.5) is 11.5 Å². The highest BCUT2D eigenvalue weighted by Crippen LogP contribution is 2.50. The molecule has 2 atom stereocenters. The highest BCUT2D eigenvalue weighted by atomic mass is 15.3. The Kier molecular flexibility index (Phi) is 6.64. The maximum Gasteiger partial charge on any atom is 0.139 e. The van der Waals surface area contributed by atoms with Gasteiger partial charge in [-0.1, -0.05) is 140 Å². The van der Waals surface area contributed by atoms with Crippen LogP contribution in [0.25, 0.3) is 50.0 Å². The third-order valence-corrected chi connectivity index (χ3v) is 9.28. The molecular weight excluding hydrogens is 573 g/mol. The highest BCUT2D eigenvalue weighted by molar-refractivity contribution is 6.15. The summed E-state index contributed by atoms with van der Waals surface area (Å²) in [7, 11) is 0. The summed E-state index contributed by atoms with van der Waals surface area (Å²) >= 11 is 0. The van der Waals surface area contributed by atoms with Crippen LogP contribution in [0.5, 0.6) is 0 Å². The molecule has 4 nitrogen and oxygen atoms in total. The van der Waals surface area contributed by atoms with Crippen LogP contribution in [0, 0.1) is 0 Å². The Morgan fingerprint density at radius 3 is 2.02 bits per heavy atom. The summed E-state index contributed by atoms with van der Waals surface area (Å²) < 4.78 is 0. The van der Waals surface area contributed by atoms with E-state index in [0.29, 0.717) is 0 Å². The van der Waals surface area contributed by atoms with Crippen molar-refractivity contribution in [2.45, 2.75) is 18.5 Å². The lowest BCUT2D eigenvalue weighted by Gasteiger charge is -2.42. The molecule has 0 fully saturated rings. The van der Waals surface area contributed by atoms with Crippen molar-refractivity contribution in [3.63, 3.8) is 0 Å². The topological polar surface area (TPSA) is 42.6 Å². The Morgan fingerprint density at radius 1 is 0.596 bits per heavy atom. The van der Waals surface area contributed by atoms with Crippen molar-refractivity contribution in [2.75, 3.05) is 4.90 Å². The molecule has 9 rings (SSSR count). The fourth-order valence-corrected chi connectivity index (χ4v) is 6.96. The van der Waals surface area contributed by atoms with E-state index in [2.05, 4.69) is 163 Å². The van der Waals surface area contributed by atoms with Gasteiger partial charge in [-0.2, -0.15) is 0 Å². The maximum absolute atomic E-state index is 5.31. The number of hydrogen-bond acceptors (Lipinski definition) is 3. The van der Waals surface area contributed by atoms with E-state index in [4.69, 9.17) is 15.3 Å². The smallest absolute Gasteiger partial charge is 0.139 e. The molecule has 224 valence electrons. The van der Waals surface area contributed by atoms with Gasteiger partial charge in [-0.3, -0.25) is 9.89 Å². The van der Waals surface area contributed by atoms with Crippen LogP contribution in [0.15, 0.2) is 175 Å². The van der Waals surface area contributed by atoms with E-state index >= 15 is 0 Å². The molecule has 6 aromatic rings. The van der Waals surface area contributed by atoms with Gasteiger partial charge in [-0.05, 0) is 75.7 Å². The van der Waals surface area contributed by atoms with E-state index in [1.807, 2.05) is 6.07 Å². The number of amidine groups is 1. The molecule has 3 heterocycles. The van der Waals surface area contributed by atoms with E-state index < -0.39 is 0 Å². The van der Waals surface area contributed by atoms with Gasteiger partial charge in [0.1, 0.15) is 5.82 Å². The maximum atomic E-state index is 5.31. The number of hydrogen-bond donors (Lipinski definition) is 0. The molecule has 3 aliphatic rings. The standard InChI is InChI=1S/C43H31N4/c1-3-12-30(13-4-1)34-16-7-8-17-35(34)31-24-22-29(23-25-31)33-26-27-40-36(28-33)42-43(46-39-19-10-9-18-38(39)45-42)47(40)41-21-11-20-37(44-41)32-14-5-2-6-15-32/h1-18,20-28,39,42H,19H2/q-1. The fourth-order valence-electron chi connectivity index (χ4n) is 6.96. The summed E-state index contributed by atoms with van der Waals surface area (Å²) in [6, 6.07) is 51.3. The minimum atomic E-state index is -0.182. The Balaban J connectivity index is 1.11. The third kappa shape index (κ3) is 4.86. The number of allylic oxidation sites excluding steroid dienone is 2. The number of rotatable bonds is 5. The van der Waals surface area contributed by atoms with Crippen LogP contribution in [0.2, 0.25) is 0 Å². The molecule has 5 aromatic carbocycles. The molecule has 47 heavy (non-hydrogen) atoms. The van der Waals surface area contributed by atoms with Gasteiger partial charge in [0.15, 0.2) is 0 Å². The average Bonchev–Trinajstić information content (AvgIpc) is 3.47. The fraction of sp³-hybridized carbons (Fsp3) is 0.0698. The number of pyridine rings is 1. The summed E-state index contributed by atoms with van der Waals surface area (Å²) in [5.41, 5.74) is 12.5. The van der Waals surface area contributed by atoms with Gasteiger partial charge in [-0.15, -0.1) is 5.70 Å². The minimum absolute atomic E-state index is 0.0335. The largest absolute Gasteiger partial charge is 0.674 e. The number of fused-ring (bicyclic) bond motifs is 4. The monoisotopic (exact) mass is 603 g/mol. The van der Waals surface area contributed by atoms with Gasteiger partial charge in [0, 0.05) is 5.56 Å². The summed E-state index contributed by atoms with van der Waals surface area (Å²) in [5, 5.41) is 5.30. The predicted molar refractivity (Wildman–Crippen MR) is 194 cm³/mol. The molecule has 2 aliphatic heterocycles.